The predicted octanol–water partition coefficient (Wildman–Crippen LogP) is 1.57. The fourth-order valence-electron chi connectivity index (χ4n) is 2.02. The SMILES string of the molecule is CC1CN(c2cc(C(=O)O)c(Cl)cn2)CCN1C. The number of anilines is 1. The molecule has 1 fully saturated rings. The van der Waals surface area contributed by atoms with E-state index in [-0.39, 0.29) is 10.6 Å². The number of aromatic nitrogens is 1. The number of piperazine rings is 1. The van der Waals surface area contributed by atoms with Crippen molar-refractivity contribution >= 4 is 23.4 Å². The van der Waals surface area contributed by atoms with E-state index < -0.39 is 5.97 Å². The molecule has 1 N–H and O–H groups in total. The molecular weight excluding hydrogens is 254 g/mol. The Balaban J connectivity index is 2.24. The maximum atomic E-state index is 11.0. The van der Waals surface area contributed by atoms with Gasteiger partial charge in [-0.3, -0.25) is 0 Å². The van der Waals surface area contributed by atoms with Crippen molar-refractivity contribution in [3.8, 4) is 0 Å². The van der Waals surface area contributed by atoms with Crippen LogP contribution in [0.25, 0.3) is 0 Å². The van der Waals surface area contributed by atoms with Gasteiger partial charge in [0.1, 0.15) is 5.82 Å². The average molecular weight is 270 g/mol. The normalized spacial score (nSPS) is 21.1. The van der Waals surface area contributed by atoms with Crippen LogP contribution in [-0.2, 0) is 0 Å². The molecule has 0 saturated carbocycles. The van der Waals surface area contributed by atoms with Crippen molar-refractivity contribution in [1.82, 2.24) is 9.88 Å². The first-order chi connectivity index (χ1) is 8.49. The lowest BCUT2D eigenvalue weighted by Gasteiger charge is -2.38. The highest BCUT2D eigenvalue weighted by Crippen LogP contribution is 2.22. The second-order valence-corrected chi connectivity index (χ2v) is 5.01. The lowest BCUT2D eigenvalue weighted by molar-refractivity contribution is 0.0697. The van der Waals surface area contributed by atoms with Crippen molar-refractivity contribution in [3.05, 3.63) is 22.8 Å². The molecule has 1 unspecified atom stereocenters. The first-order valence-corrected chi connectivity index (χ1v) is 6.21. The molecule has 1 aromatic rings. The van der Waals surface area contributed by atoms with E-state index in [1.54, 1.807) is 6.07 Å². The maximum absolute atomic E-state index is 11.0. The number of nitrogens with zero attached hydrogens (tertiary/aromatic N) is 3. The van der Waals surface area contributed by atoms with Gasteiger partial charge in [0.15, 0.2) is 0 Å². The van der Waals surface area contributed by atoms with Gasteiger partial charge in [-0.05, 0) is 20.0 Å². The highest BCUT2D eigenvalue weighted by atomic mass is 35.5. The molecule has 0 radical (unpaired) electrons. The molecule has 1 atom stereocenters. The van der Waals surface area contributed by atoms with Gasteiger partial charge < -0.3 is 14.9 Å². The second-order valence-electron chi connectivity index (χ2n) is 4.60. The van der Waals surface area contributed by atoms with Gasteiger partial charge in [-0.25, -0.2) is 9.78 Å². The van der Waals surface area contributed by atoms with Crippen molar-refractivity contribution in [3.63, 3.8) is 0 Å². The summed E-state index contributed by atoms with van der Waals surface area (Å²) in [5.74, 6) is -0.345. The summed E-state index contributed by atoms with van der Waals surface area (Å²) in [4.78, 5) is 19.6. The molecule has 1 aliphatic heterocycles. The first-order valence-electron chi connectivity index (χ1n) is 5.83. The van der Waals surface area contributed by atoms with Crippen LogP contribution in [0.3, 0.4) is 0 Å². The van der Waals surface area contributed by atoms with Gasteiger partial charge in [-0.15, -0.1) is 0 Å². The number of pyridine rings is 1. The molecule has 0 aliphatic carbocycles. The standard InChI is InChI=1S/C12H16ClN3O2/c1-8-7-16(4-3-15(8)2)11-5-9(12(17)18)10(13)6-14-11/h5-6,8H,3-4,7H2,1-2H3,(H,17,18). The highest BCUT2D eigenvalue weighted by Gasteiger charge is 2.22. The van der Waals surface area contributed by atoms with Gasteiger partial charge in [0.05, 0.1) is 10.6 Å². The number of rotatable bonds is 2. The topological polar surface area (TPSA) is 56.7 Å². The van der Waals surface area contributed by atoms with Crippen molar-refractivity contribution in [1.29, 1.82) is 0 Å². The van der Waals surface area contributed by atoms with Crippen LogP contribution >= 0.6 is 11.6 Å². The number of aromatic carboxylic acids is 1. The van der Waals surface area contributed by atoms with Crippen LogP contribution in [0.4, 0.5) is 5.82 Å². The van der Waals surface area contributed by atoms with Crippen LogP contribution < -0.4 is 4.90 Å². The second kappa shape index (κ2) is 5.12. The number of carboxylic acid groups (broad SMARTS) is 1. The summed E-state index contributed by atoms with van der Waals surface area (Å²) in [6.45, 7) is 4.76. The van der Waals surface area contributed by atoms with E-state index in [2.05, 4.69) is 28.8 Å². The largest absolute Gasteiger partial charge is 0.478 e. The fourth-order valence-corrected chi connectivity index (χ4v) is 2.21. The van der Waals surface area contributed by atoms with Crippen LogP contribution in [0.15, 0.2) is 12.3 Å². The smallest absolute Gasteiger partial charge is 0.337 e. The van der Waals surface area contributed by atoms with E-state index in [0.717, 1.165) is 19.6 Å². The van der Waals surface area contributed by atoms with E-state index in [1.165, 1.54) is 6.20 Å². The Kier molecular flexibility index (Phi) is 3.73. The summed E-state index contributed by atoms with van der Waals surface area (Å²) in [5, 5.41) is 9.22. The number of hydrogen-bond acceptors (Lipinski definition) is 4. The molecule has 1 saturated heterocycles. The van der Waals surface area contributed by atoms with Crippen LogP contribution in [0.2, 0.25) is 5.02 Å². The molecule has 0 spiro atoms. The van der Waals surface area contributed by atoms with E-state index in [1.807, 2.05) is 0 Å². The number of halogens is 1. The summed E-state index contributed by atoms with van der Waals surface area (Å²) < 4.78 is 0. The quantitative estimate of drug-likeness (QED) is 0.883. The molecule has 18 heavy (non-hydrogen) atoms. The molecule has 2 heterocycles. The van der Waals surface area contributed by atoms with Crippen molar-refractivity contribution in [2.24, 2.45) is 0 Å². The zero-order chi connectivity index (χ0) is 13.3. The van der Waals surface area contributed by atoms with Crippen molar-refractivity contribution in [2.45, 2.75) is 13.0 Å². The van der Waals surface area contributed by atoms with E-state index in [0.29, 0.717) is 11.9 Å². The third kappa shape index (κ3) is 2.57. The van der Waals surface area contributed by atoms with Gasteiger partial charge in [0.25, 0.3) is 0 Å². The van der Waals surface area contributed by atoms with Crippen LogP contribution in [0.5, 0.6) is 0 Å². The maximum Gasteiger partial charge on any atom is 0.337 e. The molecule has 0 bridgehead atoms. The van der Waals surface area contributed by atoms with Gasteiger partial charge in [-0.2, -0.15) is 0 Å². The molecule has 0 aromatic carbocycles. The van der Waals surface area contributed by atoms with Gasteiger partial charge >= 0.3 is 5.97 Å². The minimum Gasteiger partial charge on any atom is -0.478 e. The summed E-state index contributed by atoms with van der Waals surface area (Å²) in [6.07, 6.45) is 1.41. The van der Waals surface area contributed by atoms with E-state index in [4.69, 9.17) is 16.7 Å². The predicted molar refractivity (Wildman–Crippen MR) is 70.5 cm³/mol. The third-order valence-corrected chi connectivity index (χ3v) is 3.66. The van der Waals surface area contributed by atoms with E-state index in [9.17, 15) is 4.79 Å². The molecular formula is C12H16ClN3O2. The van der Waals surface area contributed by atoms with Crippen LogP contribution in [-0.4, -0.2) is 53.7 Å². The molecule has 1 aromatic heterocycles. The number of carboxylic acids is 1. The molecule has 98 valence electrons. The minimum absolute atomic E-state index is 0.105. The van der Waals surface area contributed by atoms with Gasteiger partial charge in [0, 0.05) is 31.9 Å². The fraction of sp³-hybridized carbons (Fsp3) is 0.500. The highest BCUT2D eigenvalue weighted by molar-refractivity contribution is 6.33. The van der Waals surface area contributed by atoms with Crippen LogP contribution in [0.1, 0.15) is 17.3 Å². The molecule has 0 amide bonds. The Hall–Kier alpha value is -1.33. The third-order valence-electron chi connectivity index (χ3n) is 3.35. The Morgan fingerprint density at radius 2 is 2.28 bits per heavy atom. The summed E-state index contributed by atoms with van der Waals surface area (Å²) in [7, 11) is 2.08. The average Bonchev–Trinajstić information content (AvgIpc) is 2.33. The van der Waals surface area contributed by atoms with E-state index >= 15 is 0 Å². The minimum atomic E-state index is -1.02. The van der Waals surface area contributed by atoms with Crippen molar-refractivity contribution < 1.29 is 9.90 Å². The van der Waals surface area contributed by atoms with Gasteiger partial charge in [-0.1, -0.05) is 11.6 Å². The van der Waals surface area contributed by atoms with Crippen LogP contribution in [0, 0.1) is 0 Å². The molecule has 2 rings (SSSR count). The monoisotopic (exact) mass is 269 g/mol. The number of likely N-dealkylation sites (N-methyl/N-ethyl adjacent to an activating group) is 1. The molecule has 6 heteroatoms. The number of carbonyl (C=O) groups is 1. The summed E-state index contributed by atoms with van der Waals surface area (Å²) in [5.41, 5.74) is 0.105. The lowest BCUT2D eigenvalue weighted by atomic mass is 10.2. The summed E-state index contributed by atoms with van der Waals surface area (Å²) >= 11 is 5.81. The zero-order valence-electron chi connectivity index (χ0n) is 10.4. The molecule has 1 aliphatic rings. The Labute approximate surface area is 111 Å². The zero-order valence-corrected chi connectivity index (χ0v) is 11.2. The first kappa shape index (κ1) is 13.1. The molecule has 5 nitrogen and oxygen atoms in total. The van der Waals surface area contributed by atoms with Gasteiger partial charge in [0.2, 0.25) is 0 Å². The number of hydrogen-bond donors (Lipinski definition) is 1. The Morgan fingerprint density at radius 1 is 1.56 bits per heavy atom. The Bertz CT molecular complexity index is 467. The Morgan fingerprint density at radius 3 is 2.89 bits per heavy atom. The lowest BCUT2D eigenvalue weighted by Crippen LogP contribution is -2.50. The van der Waals surface area contributed by atoms with Crippen molar-refractivity contribution in [2.75, 3.05) is 31.6 Å². The summed E-state index contributed by atoms with van der Waals surface area (Å²) in [6, 6.07) is 1.97.